The van der Waals surface area contributed by atoms with E-state index in [1.165, 1.54) is 6.33 Å². The second kappa shape index (κ2) is 4.96. The van der Waals surface area contributed by atoms with Crippen molar-refractivity contribution >= 4 is 5.69 Å². The van der Waals surface area contributed by atoms with Crippen LogP contribution in [0.4, 0.5) is 5.69 Å². The van der Waals surface area contributed by atoms with Gasteiger partial charge in [0, 0.05) is 5.69 Å². The van der Waals surface area contributed by atoms with Gasteiger partial charge in [-0.25, -0.2) is 9.67 Å². The predicted octanol–water partition coefficient (Wildman–Crippen LogP) is 2.33. The lowest BCUT2D eigenvalue weighted by atomic mass is 9.85. The summed E-state index contributed by atoms with van der Waals surface area (Å²) in [5, 5.41) is 4.24. The Balaban J connectivity index is 1.90. The average molecular weight is 292 g/mol. The molecule has 22 heavy (non-hydrogen) atoms. The smallest absolute Gasteiger partial charge is 0.138 e. The van der Waals surface area contributed by atoms with E-state index in [2.05, 4.69) is 22.2 Å². The number of nitrogens with zero attached hydrogens (tertiary/aromatic N) is 3. The first-order valence-corrected chi connectivity index (χ1v) is 7.19. The quantitative estimate of drug-likeness (QED) is 0.752. The molecule has 1 atom stereocenters. The first-order valence-electron chi connectivity index (χ1n) is 7.19. The Morgan fingerprint density at radius 3 is 2.82 bits per heavy atom. The van der Waals surface area contributed by atoms with Crippen molar-refractivity contribution < 1.29 is 4.74 Å². The Bertz CT molecular complexity index is 786. The fraction of sp³-hybridized carbons (Fsp3) is 0.176. The minimum atomic E-state index is -0.584. The Morgan fingerprint density at radius 2 is 2.05 bits per heavy atom. The van der Waals surface area contributed by atoms with E-state index in [1.807, 2.05) is 36.4 Å². The lowest BCUT2D eigenvalue weighted by Gasteiger charge is -2.30. The molecular weight excluding hydrogens is 276 g/mol. The number of ether oxygens (including phenoxy) is 1. The number of nitrogen functional groups attached to an aromatic ring is 1. The highest BCUT2D eigenvalue weighted by Crippen LogP contribution is 2.43. The molecule has 1 aromatic heterocycles. The van der Waals surface area contributed by atoms with Gasteiger partial charge in [-0.3, -0.25) is 0 Å². The van der Waals surface area contributed by atoms with Crippen LogP contribution in [0, 0.1) is 0 Å². The molecule has 1 aliphatic heterocycles. The van der Waals surface area contributed by atoms with Gasteiger partial charge in [0.25, 0.3) is 0 Å². The molecule has 0 aliphatic carbocycles. The molecule has 5 heteroatoms. The first-order chi connectivity index (χ1) is 10.8. The van der Waals surface area contributed by atoms with Crippen molar-refractivity contribution in [2.75, 3.05) is 5.73 Å². The molecule has 3 aromatic rings. The van der Waals surface area contributed by atoms with Gasteiger partial charge in [0.15, 0.2) is 0 Å². The summed E-state index contributed by atoms with van der Waals surface area (Å²) >= 11 is 0. The Labute approximate surface area is 128 Å². The second-order valence-electron chi connectivity index (χ2n) is 5.49. The molecule has 2 heterocycles. The van der Waals surface area contributed by atoms with Gasteiger partial charge in [0.1, 0.15) is 18.3 Å². The fourth-order valence-electron chi connectivity index (χ4n) is 3.09. The van der Waals surface area contributed by atoms with Crippen LogP contribution in [0.1, 0.15) is 16.7 Å². The Kier molecular flexibility index (Phi) is 2.94. The van der Waals surface area contributed by atoms with Crippen molar-refractivity contribution in [1.29, 1.82) is 0 Å². The van der Waals surface area contributed by atoms with Crippen LogP contribution < -0.4 is 5.73 Å². The maximum atomic E-state index is 6.28. The maximum Gasteiger partial charge on any atom is 0.138 e. The molecule has 0 amide bonds. The average Bonchev–Trinajstić information content (AvgIpc) is 3.18. The zero-order chi connectivity index (χ0) is 15.0. The van der Waals surface area contributed by atoms with Crippen LogP contribution >= 0.6 is 0 Å². The predicted molar refractivity (Wildman–Crippen MR) is 82.9 cm³/mol. The Morgan fingerprint density at radius 1 is 1.18 bits per heavy atom. The number of anilines is 1. The van der Waals surface area contributed by atoms with Crippen molar-refractivity contribution in [3.05, 3.63) is 77.9 Å². The first kappa shape index (κ1) is 13.0. The summed E-state index contributed by atoms with van der Waals surface area (Å²) in [7, 11) is 0. The van der Waals surface area contributed by atoms with Crippen molar-refractivity contribution in [2.24, 2.45) is 0 Å². The molecule has 0 spiro atoms. The number of hydrogen-bond acceptors (Lipinski definition) is 4. The number of hydrogen-bond donors (Lipinski definition) is 1. The summed E-state index contributed by atoms with van der Waals surface area (Å²) in [6.07, 6.45) is 3.24. The van der Waals surface area contributed by atoms with Gasteiger partial charge in [-0.2, -0.15) is 5.10 Å². The molecular formula is C17H16N4O. The molecule has 0 bridgehead atoms. The molecule has 110 valence electrons. The summed E-state index contributed by atoms with van der Waals surface area (Å²) in [6, 6.07) is 16.2. The summed E-state index contributed by atoms with van der Waals surface area (Å²) < 4.78 is 8.08. The normalized spacial score (nSPS) is 20.0. The van der Waals surface area contributed by atoms with Gasteiger partial charge in [-0.1, -0.05) is 36.4 Å². The van der Waals surface area contributed by atoms with Gasteiger partial charge in [-0.15, -0.1) is 0 Å². The minimum Gasteiger partial charge on any atom is -0.399 e. The number of aromatic nitrogens is 3. The SMILES string of the molecule is Nc1ccc2c(c1)C(Cn1cncn1)(c1ccccc1)OC2. The van der Waals surface area contributed by atoms with E-state index < -0.39 is 5.60 Å². The van der Waals surface area contributed by atoms with Gasteiger partial charge >= 0.3 is 0 Å². The molecule has 1 aliphatic rings. The molecule has 0 saturated heterocycles. The lowest BCUT2D eigenvalue weighted by Crippen LogP contribution is -2.33. The summed E-state index contributed by atoms with van der Waals surface area (Å²) in [5.41, 5.74) is 9.53. The number of fused-ring (bicyclic) bond motifs is 1. The minimum absolute atomic E-state index is 0.563. The van der Waals surface area contributed by atoms with Crippen LogP contribution in [0.15, 0.2) is 61.2 Å². The van der Waals surface area contributed by atoms with Crippen LogP contribution in [0.2, 0.25) is 0 Å². The zero-order valence-corrected chi connectivity index (χ0v) is 12.0. The molecule has 1 unspecified atom stereocenters. The number of nitrogens with two attached hydrogens (primary N) is 1. The monoisotopic (exact) mass is 292 g/mol. The summed E-state index contributed by atoms with van der Waals surface area (Å²) in [5.74, 6) is 0. The van der Waals surface area contributed by atoms with E-state index >= 15 is 0 Å². The second-order valence-corrected chi connectivity index (χ2v) is 5.49. The third kappa shape index (κ3) is 1.98. The topological polar surface area (TPSA) is 66.0 Å². The van der Waals surface area contributed by atoms with E-state index in [1.54, 1.807) is 11.0 Å². The van der Waals surface area contributed by atoms with Crippen molar-refractivity contribution in [3.63, 3.8) is 0 Å². The third-order valence-corrected chi connectivity index (χ3v) is 4.13. The van der Waals surface area contributed by atoms with Gasteiger partial charge in [0.2, 0.25) is 0 Å². The Hall–Kier alpha value is -2.66. The van der Waals surface area contributed by atoms with Crippen LogP contribution in [-0.2, 0) is 23.5 Å². The maximum absolute atomic E-state index is 6.28. The van der Waals surface area contributed by atoms with Crippen molar-refractivity contribution in [2.45, 2.75) is 18.8 Å². The summed E-state index contributed by atoms with van der Waals surface area (Å²) in [6.45, 7) is 1.13. The number of rotatable bonds is 3. The molecule has 0 saturated carbocycles. The van der Waals surface area contributed by atoms with Gasteiger partial charge in [-0.05, 0) is 28.8 Å². The van der Waals surface area contributed by atoms with E-state index in [9.17, 15) is 0 Å². The fourth-order valence-corrected chi connectivity index (χ4v) is 3.09. The van der Waals surface area contributed by atoms with E-state index in [0.717, 1.165) is 22.4 Å². The molecule has 2 aromatic carbocycles. The van der Waals surface area contributed by atoms with E-state index in [-0.39, 0.29) is 0 Å². The molecule has 0 radical (unpaired) electrons. The highest BCUT2D eigenvalue weighted by Gasteiger charge is 2.42. The molecule has 2 N–H and O–H groups in total. The van der Waals surface area contributed by atoms with Crippen molar-refractivity contribution in [1.82, 2.24) is 14.8 Å². The lowest BCUT2D eigenvalue weighted by molar-refractivity contribution is -0.0204. The summed E-state index contributed by atoms with van der Waals surface area (Å²) in [4.78, 5) is 4.03. The standard InChI is InChI=1S/C17H16N4O/c18-15-7-6-13-9-22-17(16(13)8-15,10-21-12-19-11-20-21)14-4-2-1-3-5-14/h1-8,11-12H,9-10,18H2. The van der Waals surface area contributed by atoms with Gasteiger partial charge < -0.3 is 10.5 Å². The van der Waals surface area contributed by atoms with Gasteiger partial charge in [0.05, 0.1) is 13.2 Å². The van der Waals surface area contributed by atoms with E-state index in [0.29, 0.717) is 13.2 Å². The van der Waals surface area contributed by atoms with Crippen molar-refractivity contribution in [3.8, 4) is 0 Å². The van der Waals surface area contributed by atoms with Crippen LogP contribution in [0.3, 0.4) is 0 Å². The number of benzene rings is 2. The van der Waals surface area contributed by atoms with Crippen LogP contribution in [0.5, 0.6) is 0 Å². The molecule has 0 fully saturated rings. The highest BCUT2D eigenvalue weighted by atomic mass is 16.5. The van der Waals surface area contributed by atoms with E-state index in [4.69, 9.17) is 10.5 Å². The third-order valence-electron chi connectivity index (χ3n) is 4.13. The zero-order valence-electron chi connectivity index (χ0n) is 12.0. The largest absolute Gasteiger partial charge is 0.399 e. The highest BCUT2D eigenvalue weighted by molar-refractivity contribution is 5.52. The molecule has 4 rings (SSSR count). The van der Waals surface area contributed by atoms with Crippen LogP contribution in [0.25, 0.3) is 0 Å². The molecule has 5 nitrogen and oxygen atoms in total. The van der Waals surface area contributed by atoms with Crippen LogP contribution in [-0.4, -0.2) is 14.8 Å².